The lowest BCUT2D eigenvalue weighted by Gasteiger charge is -2.03. The highest BCUT2D eigenvalue weighted by molar-refractivity contribution is 7.16. The first-order chi connectivity index (χ1) is 10.5. The molecule has 5 nitrogen and oxygen atoms in total. The minimum atomic E-state index is -0.376. The van der Waals surface area contributed by atoms with E-state index in [0.29, 0.717) is 10.6 Å². The first-order valence-electron chi connectivity index (χ1n) is 7.12. The Hall–Kier alpha value is -2.21. The highest BCUT2D eigenvalue weighted by atomic mass is 32.1. The van der Waals surface area contributed by atoms with Crippen molar-refractivity contribution < 1.29 is 9.32 Å². The molecule has 0 spiro atoms. The van der Waals surface area contributed by atoms with Crippen LogP contribution in [-0.2, 0) is 6.54 Å². The third-order valence-corrected chi connectivity index (χ3v) is 4.70. The topological polar surface area (TPSA) is 60.4 Å². The van der Waals surface area contributed by atoms with E-state index in [1.807, 2.05) is 6.92 Å². The largest absolute Gasteiger partial charge is 0.361 e. The van der Waals surface area contributed by atoms with Crippen LogP contribution >= 0.6 is 11.3 Å². The Bertz CT molecular complexity index is 931. The lowest BCUT2D eigenvalue weighted by molar-refractivity contribution is 0.0989. The van der Waals surface area contributed by atoms with Crippen molar-refractivity contribution >= 4 is 27.5 Å². The standard InChI is InChI=1S/C16H17N3O2S/c1-5-19-13-6-9(2)10(3)7-14(13)22-16(19)17-15(20)12-8-11(4)21-18-12/h6-8H,5H2,1-4H3. The molecule has 0 saturated carbocycles. The van der Waals surface area contributed by atoms with Gasteiger partial charge in [-0.05, 0) is 51.0 Å². The van der Waals surface area contributed by atoms with Gasteiger partial charge in [0.25, 0.3) is 0 Å². The number of amides is 1. The molecule has 1 aromatic carbocycles. The predicted molar refractivity (Wildman–Crippen MR) is 86.1 cm³/mol. The van der Waals surface area contributed by atoms with Crippen molar-refractivity contribution in [3.8, 4) is 0 Å². The number of hydrogen-bond acceptors (Lipinski definition) is 4. The summed E-state index contributed by atoms with van der Waals surface area (Å²) in [6.45, 7) is 8.73. The number of nitrogens with zero attached hydrogens (tertiary/aromatic N) is 3. The molecule has 2 aromatic heterocycles. The van der Waals surface area contributed by atoms with Crippen molar-refractivity contribution in [3.05, 3.63) is 45.6 Å². The van der Waals surface area contributed by atoms with Crippen LogP contribution in [0.3, 0.4) is 0 Å². The minimum Gasteiger partial charge on any atom is -0.361 e. The zero-order valence-electron chi connectivity index (χ0n) is 13.0. The SMILES string of the molecule is CCn1c(=NC(=O)c2cc(C)on2)sc2cc(C)c(C)cc21. The zero-order chi connectivity index (χ0) is 15.9. The molecule has 0 bridgehead atoms. The van der Waals surface area contributed by atoms with Crippen LogP contribution in [0.2, 0.25) is 0 Å². The number of benzene rings is 1. The molecular weight excluding hydrogens is 298 g/mol. The Morgan fingerprint density at radius 2 is 2.00 bits per heavy atom. The van der Waals surface area contributed by atoms with E-state index in [1.54, 1.807) is 13.0 Å². The van der Waals surface area contributed by atoms with Crippen LogP contribution in [0.25, 0.3) is 10.2 Å². The first-order valence-corrected chi connectivity index (χ1v) is 7.94. The third-order valence-electron chi connectivity index (χ3n) is 3.66. The second kappa shape index (κ2) is 5.53. The van der Waals surface area contributed by atoms with Gasteiger partial charge in [0.1, 0.15) is 5.76 Å². The number of carbonyl (C=O) groups is 1. The van der Waals surface area contributed by atoms with Crippen molar-refractivity contribution in [3.63, 3.8) is 0 Å². The summed E-state index contributed by atoms with van der Waals surface area (Å²) in [7, 11) is 0. The van der Waals surface area contributed by atoms with E-state index in [2.05, 4.69) is 40.7 Å². The van der Waals surface area contributed by atoms with E-state index in [-0.39, 0.29) is 11.6 Å². The average molecular weight is 315 g/mol. The number of aryl methyl sites for hydroxylation is 4. The second-order valence-corrected chi connectivity index (χ2v) is 6.28. The molecule has 0 unspecified atom stereocenters. The van der Waals surface area contributed by atoms with Gasteiger partial charge in [-0.3, -0.25) is 4.79 Å². The molecule has 3 aromatic rings. The van der Waals surface area contributed by atoms with E-state index < -0.39 is 0 Å². The molecule has 0 N–H and O–H groups in total. The van der Waals surface area contributed by atoms with Crippen molar-refractivity contribution in [2.75, 3.05) is 0 Å². The fraction of sp³-hybridized carbons (Fsp3) is 0.312. The van der Waals surface area contributed by atoms with Gasteiger partial charge in [0.05, 0.1) is 10.2 Å². The van der Waals surface area contributed by atoms with Gasteiger partial charge in [0, 0.05) is 12.6 Å². The van der Waals surface area contributed by atoms with E-state index in [1.165, 1.54) is 22.5 Å². The first kappa shape index (κ1) is 14.7. The maximum Gasteiger partial charge on any atom is 0.301 e. The molecule has 0 aliphatic rings. The highest BCUT2D eigenvalue weighted by Gasteiger charge is 2.12. The molecule has 0 radical (unpaired) electrons. The minimum absolute atomic E-state index is 0.241. The zero-order valence-corrected chi connectivity index (χ0v) is 13.8. The van der Waals surface area contributed by atoms with Crippen LogP contribution in [0.1, 0.15) is 34.3 Å². The third kappa shape index (κ3) is 2.50. The Kier molecular flexibility index (Phi) is 3.70. The second-order valence-electron chi connectivity index (χ2n) is 5.27. The summed E-state index contributed by atoms with van der Waals surface area (Å²) in [5.74, 6) is 0.226. The maximum absolute atomic E-state index is 12.2. The fourth-order valence-electron chi connectivity index (χ4n) is 2.32. The molecule has 0 aliphatic carbocycles. The molecule has 22 heavy (non-hydrogen) atoms. The normalized spacial score (nSPS) is 12.3. The van der Waals surface area contributed by atoms with E-state index in [4.69, 9.17) is 4.52 Å². The quantitative estimate of drug-likeness (QED) is 0.728. The Labute approximate surface area is 131 Å². The summed E-state index contributed by atoms with van der Waals surface area (Å²) in [6.07, 6.45) is 0. The van der Waals surface area contributed by atoms with Crippen LogP contribution in [0.15, 0.2) is 27.7 Å². The maximum atomic E-state index is 12.2. The van der Waals surface area contributed by atoms with E-state index in [9.17, 15) is 4.79 Å². The monoisotopic (exact) mass is 315 g/mol. The summed E-state index contributed by atoms with van der Waals surface area (Å²) < 4.78 is 8.12. The smallest absolute Gasteiger partial charge is 0.301 e. The highest BCUT2D eigenvalue weighted by Crippen LogP contribution is 2.22. The molecular formula is C16H17N3O2S. The number of rotatable bonds is 2. The van der Waals surface area contributed by atoms with Crippen molar-refractivity contribution in [2.45, 2.75) is 34.2 Å². The number of thiazole rings is 1. The Morgan fingerprint density at radius 3 is 2.64 bits per heavy atom. The summed E-state index contributed by atoms with van der Waals surface area (Å²) in [4.78, 5) is 17.1. The number of aromatic nitrogens is 2. The number of carbonyl (C=O) groups excluding carboxylic acids is 1. The van der Waals surface area contributed by atoms with Crippen LogP contribution in [0.5, 0.6) is 0 Å². The van der Waals surface area contributed by atoms with Gasteiger partial charge in [-0.1, -0.05) is 16.5 Å². The van der Waals surface area contributed by atoms with Gasteiger partial charge in [-0.2, -0.15) is 4.99 Å². The van der Waals surface area contributed by atoms with Gasteiger partial charge in [0.2, 0.25) is 0 Å². The summed E-state index contributed by atoms with van der Waals surface area (Å²) in [5.41, 5.74) is 3.82. The fourth-order valence-corrected chi connectivity index (χ4v) is 3.50. The number of hydrogen-bond donors (Lipinski definition) is 0. The van der Waals surface area contributed by atoms with Gasteiger partial charge in [-0.25, -0.2) is 0 Å². The van der Waals surface area contributed by atoms with Crippen LogP contribution < -0.4 is 4.80 Å². The van der Waals surface area contributed by atoms with Crippen LogP contribution in [0.4, 0.5) is 0 Å². The molecule has 0 aliphatic heterocycles. The molecule has 6 heteroatoms. The van der Waals surface area contributed by atoms with Crippen LogP contribution in [0, 0.1) is 20.8 Å². The van der Waals surface area contributed by atoms with Gasteiger partial charge >= 0.3 is 5.91 Å². The van der Waals surface area contributed by atoms with Crippen molar-refractivity contribution in [1.82, 2.24) is 9.72 Å². The summed E-state index contributed by atoms with van der Waals surface area (Å²) in [5, 5.41) is 3.73. The van der Waals surface area contributed by atoms with Gasteiger partial charge in [-0.15, -0.1) is 0 Å². The molecule has 3 rings (SSSR count). The van der Waals surface area contributed by atoms with Crippen molar-refractivity contribution in [1.29, 1.82) is 0 Å². The lowest BCUT2D eigenvalue weighted by Crippen LogP contribution is -2.16. The Morgan fingerprint density at radius 1 is 1.27 bits per heavy atom. The summed E-state index contributed by atoms with van der Waals surface area (Å²) in [6, 6.07) is 5.89. The molecule has 0 fully saturated rings. The van der Waals surface area contributed by atoms with Crippen molar-refractivity contribution in [2.24, 2.45) is 4.99 Å². The lowest BCUT2D eigenvalue weighted by atomic mass is 10.1. The van der Waals surface area contributed by atoms with Crippen LogP contribution in [-0.4, -0.2) is 15.6 Å². The van der Waals surface area contributed by atoms with E-state index >= 15 is 0 Å². The van der Waals surface area contributed by atoms with Gasteiger partial charge in [0.15, 0.2) is 10.5 Å². The number of fused-ring (bicyclic) bond motifs is 1. The average Bonchev–Trinajstić information content (AvgIpc) is 3.03. The molecule has 114 valence electrons. The summed E-state index contributed by atoms with van der Waals surface area (Å²) >= 11 is 1.52. The molecule has 0 atom stereocenters. The molecule has 1 amide bonds. The Balaban J connectivity index is 2.17. The molecule has 2 heterocycles. The molecule has 0 saturated heterocycles. The predicted octanol–water partition coefficient (Wildman–Crippen LogP) is 3.38. The van der Waals surface area contributed by atoms with E-state index in [0.717, 1.165) is 16.8 Å². The van der Waals surface area contributed by atoms with Gasteiger partial charge < -0.3 is 9.09 Å².